The van der Waals surface area contributed by atoms with E-state index in [2.05, 4.69) is 21.3 Å². The third-order valence-corrected chi connectivity index (χ3v) is 5.76. The minimum Gasteiger partial charge on any atom is -0.369 e. The van der Waals surface area contributed by atoms with Crippen LogP contribution in [0.25, 0.3) is 0 Å². The van der Waals surface area contributed by atoms with Crippen LogP contribution in [0.15, 0.2) is 58.6 Å². The van der Waals surface area contributed by atoms with Crippen LogP contribution in [0.2, 0.25) is 0 Å². The van der Waals surface area contributed by atoms with Gasteiger partial charge in [-0.15, -0.1) is 0 Å². The molecule has 6 heteroatoms. The summed E-state index contributed by atoms with van der Waals surface area (Å²) < 4.78 is 15.5. The van der Waals surface area contributed by atoms with Crippen LogP contribution in [0.5, 0.6) is 0 Å². The van der Waals surface area contributed by atoms with Crippen molar-refractivity contribution >= 4 is 17.6 Å². The lowest BCUT2D eigenvalue weighted by Gasteiger charge is -2.40. The molecule has 0 radical (unpaired) electrons. The molecular weight excluding hydrogens is 337 g/mol. The van der Waals surface area contributed by atoms with Crippen molar-refractivity contribution < 1.29 is 4.39 Å². The Morgan fingerprint density at radius 3 is 2.40 bits per heavy atom. The number of anilines is 1. The van der Waals surface area contributed by atoms with E-state index < -0.39 is 0 Å². The van der Waals surface area contributed by atoms with Crippen molar-refractivity contribution in [2.75, 3.05) is 24.5 Å². The predicted molar refractivity (Wildman–Crippen MR) is 101 cm³/mol. The second kappa shape index (κ2) is 7.97. The first-order chi connectivity index (χ1) is 12.1. The third kappa shape index (κ3) is 4.38. The van der Waals surface area contributed by atoms with Crippen molar-refractivity contribution in [3.05, 3.63) is 64.8 Å². The van der Waals surface area contributed by atoms with Crippen molar-refractivity contribution in [2.45, 2.75) is 30.8 Å². The Hall–Kier alpha value is -1.92. The van der Waals surface area contributed by atoms with E-state index in [1.807, 2.05) is 36.4 Å². The largest absolute Gasteiger partial charge is 0.369 e. The Kier molecular flexibility index (Phi) is 5.71. The van der Waals surface area contributed by atoms with Crippen LogP contribution in [0.1, 0.15) is 25.5 Å². The van der Waals surface area contributed by atoms with Crippen LogP contribution >= 0.6 is 11.9 Å². The molecule has 25 heavy (non-hydrogen) atoms. The maximum absolute atomic E-state index is 13.1. The summed E-state index contributed by atoms with van der Waals surface area (Å²) in [6, 6.07) is 14.8. The van der Waals surface area contributed by atoms with E-state index in [0.717, 1.165) is 35.8 Å². The maximum Gasteiger partial charge on any atom is 0.123 e. The topological polar surface area (TPSA) is 35.9 Å². The monoisotopic (exact) mass is 359 g/mol. The Morgan fingerprint density at radius 1 is 1.12 bits per heavy atom. The van der Waals surface area contributed by atoms with Gasteiger partial charge in [0, 0.05) is 36.3 Å². The molecule has 1 fully saturated rings. The molecule has 0 aromatic heterocycles. The highest BCUT2D eigenvalue weighted by Gasteiger charge is 2.24. The van der Waals surface area contributed by atoms with Crippen LogP contribution in [0, 0.1) is 10.7 Å². The summed E-state index contributed by atoms with van der Waals surface area (Å²) in [5, 5.41) is 3.06. The van der Waals surface area contributed by atoms with E-state index in [-0.39, 0.29) is 11.9 Å². The first-order valence-electron chi connectivity index (χ1n) is 8.44. The molecule has 3 rings (SSSR count). The molecule has 0 spiro atoms. The van der Waals surface area contributed by atoms with E-state index >= 15 is 0 Å². The number of hydrogen-bond acceptors (Lipinski definition) is 5. The summed E-state index contributed by atoms with van der Waals surface area (Å²) in [7, 11) is 0. The lowest BCUT2D eigenvalue weighted by atomic mass is 10.1. The summed E-state index contributed by atoms with van der Waals surface area (Å²) in [6.45, 7) is 6.74. The zero-order valence-corrected chi connectivity index (χ0v) is 15.2. The average Bonchev–Trinajstić information content (AvgIpc) is 2.64. The van der Waals surface area contributed by atoms with Crippen molar-refractivity contribution in [1.29, 1.82) is 0 Å². The molecule has 0 amide bonds. The van der Waals surface area contributed by atoms with Gasteiger partial charge in [0.2, 0.25) is 0 Å². The van der Waals surface area contributed by atoms with Crippen molar-refractivity contribution in [1.82, 2.24) is 4.31 Å². The van der Waals surface area contributed by atoms with Gasteiger partial charge in [0.25, 0.3) is 0 Å². The Balaban J connectivity index is 1.60. The Bertz CT molecular complexity index is 708. The SMILES string of the molecule is CC(N=O)c1ccc(SN2CCN(c3ccc(F)cc3)CC2C)cc1. The van der Waals surface area contributed by atoms with Gasteiger partial charge in [-0.3, -0.25) is 0 Å². The van der Waals surface area contributed by atoms with E-state index in [9.17, 15) is 9.30 Å². The highest BCUT2D eigenvalue weighted by molar-refractivity contribution is 7.97. The number of nitrogens with zero attached hydrogens (tertiary/aromatic N) is 3. The van der Waals surface area contributed by atoms with Crippen molar-refractivity contribution in [3.8, 4) is 0 Å². The molecule has 2 aromatic carbocycles. The summed E-state index contributed by atoms with van der Waals surface area (Å²) >= 11 is 1.74. The van der Waals surface area contributed by atoms with Crippen LogP contribution in [-0.2, 0) is 0 Å². The molecule has 0 bridgehead atoms. The van der Waals surface area contributed by atoms with Gasteiger partial charge in [-0.2, -0.15) is 4.91 Å². The number of halogens is 1. The maximum atomic E-state index is 13.1. The number of benzene rings is 2. The normalized spacial score (nSPS) is 19.6. The third-order valence-electron chi connectivity index (χ3n) is 4.50. The van der Waals surface area contributed by atoms with Crippen molar-refractivity contribution in [2.24, 2.45) is 5.18 Å². The van der Waals surface area contributed by atoms with E-state index in [1.165, 1.54) is 12.1 Å². The van der Waals surface area contributed by atoms with E-state index in [4.69, 9.17) is 0 Å². The smallest absolute Gasteiger partial charge is 0.123 e. The fraction of sp³-hybridized carbons (Fsp3) is 0.368. The fourth-order valence-electron chi connectivity index (χ4n) is 2.97. The Labute approximate surface area is 152 Å². The summed E-state index contributed by atoms with van der Waals surface area (Å²) in [5.41, 5.74) is 2.01. The molecule has 0 saturated carbocycles. The standard InChI is InChI=1S/C19H22FN3OS/c1-14-13-22(18-7-5-17(20)6-8-18)11-12-23(14)25-19-9-3-16(4-10-19)15(2)21-24/h3-10,14-15H,11-13H2,1-2H3. The molecule has 1 saturated heterocycles. The fourth-order valence-corrected chi connectivity index (χ4v) is 3.91. The summed E-state index contributed by atoms with van der Waals surface area (Å²) in [5.74, 6) is -0.200. The molecule has 2 unspecified atom stereocenters. The molecule has 1 aliphatic heterocycles. The number of piperazine rings is 1. The predicted octanol–water partition coefficient (Wildman–Crippen LogP) is 4.87. The number of hydrogen-bond donors (Lipinski definition) is 0. The van der Waals surface area contributed by atoms with Gasteiger partial charge in [-0.1, -0.05) is 17.3 Å². The number of rotatable bonds is 5. The molecule has 0 N–H and O–H groups in total. The average molecular weight is 359 g/mol. The van der Waals surface area contributed by atoms with Gasteiger partial charge in [-0.25, -0.2) is 8.70 Å². The lowest BCUT2D eigenvalue weighted by Crippen LogP contribution is -2.49. The summed E-state index contributed by atoms with van der Waals surface area (Å²) in [6.07, 6.45) is 0. The van der Waals surface area contributed by atoms with Gasteiger partial charge in [-0.05, 0) is 67.8 Å². The van der Waals surface area contributed by atoms with Gasteiger partial charge in [0.05, 0.1) is 0 Å². The molecule has 0 aliphatic carbocycles. The summed E-state index contributed by atoms with van der Waals surface area (Å²) in [4.78, 5) is 14.1. The lowest BCUT2D eigenvalue weighted by molar-refractivity contribution is 0.336. The van der Waals surface area contributed by atoms with Crippen LogP contribution in [0.4, 0.5) is 10.1 Å². The molecule has 2 aromatic rings. The molecule has 4 nitrogen and oxygen atoms in total. The molecular formula is C19H22FN3OS. The first-order valence-corrected chi connectivity index (χ1v) is 9.21. The van der Waals surface area contributed by atoms with Gasteiger partial charge in [0.15, 0.2) is 0 Å². The Morgan fingerprint density at radius 2 is 1.80 bits per heavy atom. The van der Waals surface area contributed by atoms with Crippen molar-refractivity contribution in [3.63, 3.8) is 0 Å². The second-order valence-electron chi connectivity index (χ2n) is 6.35. The minimum atomic E-state index is -0.308. The van der Waals surface area contributed by atoms with Crippen LogP contribution < -0.4 is 4.90 Å². The van der Waals surface area contributed by atoms with Crippen LogP contribution in [-0.4, -0.2) is 30.0 Å². The zero-order valence-electron chi connectivity index (χ0n) is 14.4. The molecule has 2 atom stereocenters. The molecule has 1 aliphatic rings. The van der Waals surface area contributed by atoms with Gasteiger partial charge >= 0.3 is 0 Å². The van der Waals surface area contributed by atoms with E-state index in [0.29, 0.717) is 6.04 Å². The van der Waals surface area contributed by atoms with Gasteiger partial charge < -0.3 is 4.90 Å². The van der Waals surface area contributed by atoms with Gasteiger partial charge in [0.1, 0.15) is 11.9 Å². The van der Waals surface area contributed by atoms with Crippen LogP contribution in [0.3, 0.4) is 0 Å². The highest BCUT2D eigenvalue weighted by atomic mass is 32.2. The zero-order chi connectivity index (χ0) is 17.8. The highest BCUT2D eigenvalue weighted by Crippen LogP contribution is 2.30. The first kappa shape index (κ1) is 17.9. The quantitative estimate of drug-likeness (QED) is 0.564. The minimum absolute atomic E-state index is 0.200. The molecule has 132 valence electrons. The second-order valence-corrected chi connectivity index (χ2v) is 7.48. The van der Waals surface area contributed by atoms with E-state index in [1.54, 1.807) is 18.9 Å². The number of nitroso groups, excluding NO2 is 1. The molecule has 1 heterocycles.